The zero-order valence-electron chi connectivity index (χ0n) is 17.3. The summed E-state index contributed by atoms with van der Waals surface area (Å²) in [4.78, 5) is 4.47. The van der Waals surface area contributed by atoms with Gasteiger partial charge in [-0.25, -0.2) is 9.37 Å². The van der Waals surface area contributed by atoms with E-state index in [0.717, 1.165) is 5.56 Å². The average Bonchev–Trinajstić information content (AvgIpc) is 3.29. The molecule has 0 unspecified atom stereocenters. The number of aromatic nitrogens is 1. The normalized spacial score (nSPS) is 12.6. The third-order valence-electron chi connectivity index (χ3n) is 4.29. The number of para-hydroxylation sites is 2. The summed E-state index contributed by atoms with van der Waals surface area (Å²) in [6.07, 6.45) is -2.93. The van der Waals surface area contributed by atoms with Crippen LogP contribution in [0, 0.1) is 11.3 Å². The van der Waals surface area contributed by atoms with Gasteiger partial charge in [0, 0.05) is 17.1 Å². The summed E-state index contributed by atoms with van der Waals surface area (Å²) in [7, 11) is 3.06. The van der Waals surface area contributed by atoms with E-state index in [-0.39, 0.29) is 17.0 Å². The summed E-state index contributed by atoms with van der Waals surface area (Å²) in [5, 5.41) is 14.5. The number of halogens is 4. The van der Waals surface area contributed by atoms with Crippen molar-refractivity contribution < 1.29 is 27.4 Å². The predicted octanol–water partition coefficient (Wildman–Crippen LogP) is 6.31. The number of allylic oxidation sites excluding steroid dienone is 1. The number of thiazole rings is 1. The van der Waals surface area contributed by atoms with Crippen molar-refractivity contribution in [1.82, 2.24) is 4.98 Å². The van der Waals surface area contributed by atoms with Gasteiger partial charge in [-0.15, -0.1) is 11.3 Å². The lowest BCUT2D eigenvalue weighted by Gasteiger charge is -2.19. The number of hydrogen-bond acceptors (Lipinski definition) is 7. The fraction of sp³-hybridized carbons (Fsp3) is 0.182. The van der Waals surface area contributed by atoms with Gasteiger partial charge in [0.1, 0.15) is 22.4 Å². The van der Waals surface area contributed by atoms with Crippen molar-refractivity contribution in [1.29, 1.82) is 5.26 Å². The minimum atomic E-state index is -4.23. The first kappa shape index (κ1) is 24.2. The van der Waals surface area contributed by atoms with Crippen molar-refractivity contribution in [3.8, 4) is 34.6 Å². The summed E-state index contributed by atoms with van der Waals surface area (Å²) < 4.78 is 55.0. The zero-order valence-corrected chi connectivity index (χ0v) is 18.9. The van der Waals surface area contributed by atoms with Gasteiger partial charge in [0.05, 0.1) is 25.6 Å². The summed E-state index contributed by atoms with van der Waals surface area (Å²) >= 11 is 6.07. The molecule has 2 aromatic carbocycles. The standard InChI is InChI=1S/C22H17ClF3N3O3S/c1-30-18-8-7-13(9-19(18)31-2)16-12-33-20(29-16)14(10-27)11-28-15-5-3-4-6-17(15)32-22(25,26)21(23)24/h3-9,11-12,21,28H,1-2H3/b14-11+/t21-/m1/s1. The Morgan fingerprint density at radius 2 is 1.91 bits per heavy atom. The lowest BCUT2D eigenvalue weighted by Crippen LogP contribution is -2.33. The minimum Gasteiger partial charge on any atom is -0.493 e. The first-order valence-corrected chi connectivity index (χ1v) is 10.6. The second-order valence-corrected chi connectivity index (χ2v) is 7.62. The second kappa shape index (κ2) is 10.5. The molecule has 0 spiro atoms. The maximum absolute atomic E-state index is 13.6. The Balaban J connectivity index is 1.84. The number of hydrogen-bond donors (Lipinski definition) is 1. The van der Waals surface area contributed by atoms with E-state index >= 15 is 0 Å². The first-order valence-electron chi connectivity index (χ1n) is 9.28. The highest BCUT2D eigenvalue weighted by Gasteiger charge is 2.42. The minimum absolute atomic E-state index is 0.0823. The van der Waals surface area contributed by atoms with Crippen LogP contribution in [0.25, 0.3) is 16.8 Å². The SMILES string of the molecule is COc1ccc(-c2csc(/C(C#N)=C/Nc3ccccc3OC(F)(F)[C@@H](F)Cl)n2)cc1OC. The lowest BCUT2D eigenvalue weighted by atomic mass is 10.1. The van der Waals surface area contributed by atoms with Crippen LogP contribution in [-0.4, -0.2) is 30.9 Å². The molecule has 1 aromatic heterocycles. The van der Waals surface area contributed by atoms with Crippen LogP contribution in [0.5, 0.6) is 17.2 Å². The van der Waals surface area contributed by atoms with E-state index in [4.69, 9.17) is 21.1 Å². The van der Waals surface area contributed by atoms with Gasteiger partial charge in [-0.1, -0.05) is 23.7 Å². The monoisotopic (exact) mass is 495 g/mol. The van der Waals surface area contributed by atoms with Crippen molar-refractivity contribution in [3.05, 3.63) is 59.1 Å². The highest BCUT2D eigenvalue weighted by Crippen LogP contribution is 2.35. The van der Waals surface area contributed by atoms with Crippen LogP contribution in [0.2, 0.25) is 0 Å². The molecule has 0 saturated carbocycles. The Labute approximate surface area is 196 Å². The summed E-state index contributed by atoms with van der Waals surface area (Å²) in [6.45, 7) is 0. The maximum atomic E-state index is 13.6. The average molecular weight is 496 g/mol. The molecule has 33 heavy (non-hydrogen) atoms. The van der Waals surface area contributed by atoms with Gasteiger partial charge in [-0.05, 0) is 30.3 Å². The number of rotatable bonds is 9. The van der Waals surface area contributed by atoms with Crippen LogP contribution in [0.3, 0.4) is 0 Å². The van der Waals surface area contributed by atoms with Crippen LogP contribution in [-0.2, 0) is 0 Å². The van der Waals surface area contributed by atoms with Gasteiger partial charge in [-0.2, -0.15) is 14.0 Å². The van der Waals surface area contributed by atoms with E-state index in [2.05, 4.69) is 15.0 Å². The molecule has 1 atom stereocenters. The van der Waals surface area contributed by atoms with E-state index < -0.39 is 11.7 Å². The second-order valence-electron chi connectivity index (χ2n) is 6.38. The molecule has 11 heteroatoms. The summed E-state index contributed by atoms with van der Waals surface area (Å²) in [5.41, 5.74) is -1.44. The van der Waals surface area contributed by atoms with Gasteiger partial charge >= 0.3 is 6.11 Å². The molecule has 3 aromatic rings. The Hall–Kier alpha value is -3.42. The fourth-order valence-electron chi connectivity index (χ4n) is 2.68. The zero-order chi connectivity index (χ0) is 24.0. The maximum Gasteiger partial charge on any atom is 0.444 e. The Kier molecular flexibility index (Phi) is 7.68. The number of ether oxygens (including phenoxy) is 3. The molecular weight excluding hydrogens is 479 g/mol. The molecule has 0 aliphatic heterocycles. The van der Waals surface area contributed by atoms with Crippen molar-refractivity contribution >= 4 is 34.2 Å². The number of nitrogens with one attached hydrogen (secondary N) is 1. The molecule has 0 saturated heterocycles. The summed E-state index contributed by atoms with van der Waals surface area (Å²) in [6, 6.07) is 12.9. The quantitative estimate of drug-likeness (QED) is 0.277. The third kappa shape index (κ3) is 5.69. The molecular formula is C22H17ClF3N3O3S. The van der Waals surface area contributed by atoms with Crippen molar-refractivity contribution in [2.45, 2.75) is 11.7 Å². The molecule has 3 rings (SSSR count). The van der Waals surface area contributed by atoms with Gasteiger partial charge < -0.3 is 19.5 Å². The molecule has 0 fully saturated rings. The Morgan fingerprint density at radius 1 is 1.18 bits per heavy atom. The molecule has 0 aliphatic rings. The molecule has 172 valence electrons. The van der Waals surface area contributed by atoms with Crippen LogP contribution in [0.1, 0.15) is 5.01 Å². The van der Waals surface area contributed by atoms with Gasteiger partial charge in [0.2, 0.25) is 0 Å². The number of methoxy groups -OCH3 is 2. The molecule has 0 amide bonds. The highest BCUT2D eigenvalue weighted by molar-refractivity contribution is 7.11. The summed E-state index contributed by atoms with van der Waals surface area (Å²) in [5.74, 6) is 0.755. The number of alkyl halides is 4. The number of benzene rings is 2. The van der Waals surface area contributed by atoms with Gasteiger partial charge in [0.15, 0.2) is 11.5 Å². The van der Waals surface area contributed by atoms with Crippen LogP contribution in [0.4, 0.5) is 18.9 Å². The van der Waals surface area contributed by atoms with Crippen molar-refractivity contribution in [3.63, 3.8) is 0 Å². The Morgan fingerprint density at radius 3 is 2.58 bits per heavy atom. The molecule has 0 aliphatic carbocycles. The molecule has 6 nitrogen and oxygen atoms in total. The highest BCUT2D eigenvalue weighted by atomic mass is 35.5. The predicted molar refractivity (Wildman–Crippen MR) is 121 cm³/mol. The number of anilines is 1. The van der Waals surface area contributed by atoms with E-state index in [1.54, 1.807) is 29.6 Å². The third-order valence-corrected chi connectivity index (χ3v) is 5.42. The smallest absolute Gasteiger partial charge is 0.444 e. The van der Waals surface area contributed by atoms with Crippen LogP contribution < -0.4 is 19.5 Å². The molecule has 1 N–H and O–H groups in total. The first-order chi connectivity index (χ1) is 15.8. The van der Waals surface area contributed by atoms with Crippen LogP contribution in [0.15, 0.2) is 54.0 Å². The molecule has 0 radical (unpaired) electrons. The van der Waals surface area contributed by atoms with Gasteiger partial charge in [0.25, 0.3) is 5.63 Å². The topological polar surface area (TPSA) is 76.4 Å². The van der Waals surface area contributed by atoms with E-state index in [1.165, 1.54) is 50.0 Å². The Bertz CT molecular complexity index is 1190. The van der Waals surface area contributed by atoms with Crippen LogP contribution >= 0.6 is 22.9 Å². The van der Waals surface area contributed by atoms with E-state index in [0.29, 0.717) is 22.2 Å². The largest absolute Gasteiger partial charge is 0.493 e. The lowest BCUT2D eigenvalue weighted by molar-refractivity contribution is -0.198. The van der Waals surface area contributed by atoms with Gasteiger partial charge in [-0.3, -0.25) is 0 Å². The molecule has 1 heterocycles. The van der Waals surface area contributed by atoms with Crippen molar-refractivity contribution in [2.75, 3.05) is 19.5 Å². The molecule has 0 bridgehead atoms. The van der Waals surface area contributed by atoms with Crippen molar-refractivity contribution in [2.24, 2.45) is 0 Å². The number of nitriles is 1. The fourth-order valence-corrected chi connectivity index (χ4v) is 3.52. The van der Waals surface area contributed by atoms with E-state index in [1.807, 2.05) is 6.07 Å². The van der Waals surface area contributed by atoms with E-state index in [9.17, 15) is 18.4 Å². The number of nitrogens with zero attached hydrogens (tertiary/aromatic N) is 2.